The SMILES string of the molecule is CC1(C)CN(Cc2ccccc2)C(=O)[C@@H]1Oc1ccc(C#N)cc1F. The van der Waals surface area contributed by atoms with Gasteiger partial charge in [-0.15, -0.1) is 0 Å². The van der Waals surface area contributed by atoms with Crippen LogP contribution in [0, 0.1) is 22.6 Å². The summed E-state index contributed by atoms with van der Waals surface area (Å²) < 4.78 is 19.8. The van der Waals surface area contributed by atoms with Crippen LogP contribution < -0.4 is 4.74 Å². The average Bonchev–Trinajstić information content (AvgIpc) is 2.80. The van der Waals surface area contributed by atoms with Crippen LogP contribution in [-0.4, -0.2) is 23.5 Å². The van der Waals surface area contributed by atoms with Crippen molar-refractivity contribution in [1.29, 1.82) is 5.26 Å². The largest absolute Gasteiger partial charge is 0.477 e. The molecule has 0 unspecified atom stereocenters. The van der Waals surface area contributed by atoms with Gasteiger partial charge in [-0.2, -0.15) is 5.26 Å². The second-order valence-electron chi connectivity index (χ2n) is 6.92. The first kappa shape index (κ1) is 17.0. The van der Waals surface area contributed by atoms with E-state index in [-0.39, 0.29) is 17.2 Å². The van der Waals surface area contributed by atoms with Gasteiger partial charge >= 0.3 is 0 Å². The summed E-state index contributed by atoms with van der Waals surface area (Å²) in [6, 6.07) is 15.6. The molecule has 0 aliphatic carbocycles. The molecule has 1 saturated heterocycles. The number of benzene rings is 2. The van der Waals surface area contributed by atoms with E-state index in [4.69, 9.17) is 10.00 Å². The molecule has 0 N–H and O–H groups in total. The van der Waals surface area contributed by atoms with Gasteiger partial charge in [-0.3, -0.25) is 4.79 Å². The van der Waals surface area contributed by atoms with E-state index in [9.17, 15) is 9.18 Å². The molecular weight excluding hydrogens is 319 g/mol. The van der Waals surface area contributed by atoms with Crippen LogP contribution in [0.4, 0.5) is 4.39 Å². The number of likely N-dealkylation sites (tertiary alicyclic amines) is 1. The third kappa shape index (κ3) is 3.48. The quantitative estimate of drug-likeness (QED) is 0.857. The molecular formula is C20H19FN2O2. The van der Waals surface area contributed by atoms with E-state index in [1.807, 2.05) is 50.2 Å². The highest BCUT2D eigenvalue weighted by Crippen LogP contribution is 2.35. The highest BCUT2D eigenvalue weighted by molar-refractivity contribution is 5.84. The van der Waals surface area contributed by atoms with Gasteiger partial charge in [0.15, 0.2) is 17.7 Å². The van der Waals surface area contributed by atoms with Gasteiger partial charge in [0.1, 0.15) is 0 Å². The fourth-order valence-corrected chi connectivity index (χ4v) is 3.09. The Balaban J connectivity index is 1.79. The molecule has 5 heteroatoms. The number of amides is 1. The summed E-state index contributed by atoms with van der Waals surface area (Å²) in [5, 5.41) is 8.82. The lowest BCUT2D eigenvalue weighted by atomic mass is 9.89. The predicted molar refractivity (Wildman–Crippen MR) is 91.2 cm³/mol. The Morgan fingerprint density at radius 3 is 2.64 bits per heavy atom. The number of nitriles is 1. The number of nitrogens with zero attached hydrogens (tertiary/aromatic N) is 2. The molecule has 0 saturated carbocycles. The Morgan fingerprint density at radius 2 is 2.00 bits per heavy atom. The third-order valence-corrected chi connectivity index (χ3v) is 4.37. The molecule has 1 atom stereocenters. The van der Waals surface area contributed by atoms with Crippen molar-refractivity contribution in [2.45, 2.75) is 26.5 Å². The van der Waals surface area contributed by atoms with E-state index in [1.54, 1.807) is 4.90 Å². The van der Waals surface area contributed by atoms with Gasteiger partial charge in [0.05, 0.1) is 11.6 Å². The number of halogens is 1. The number of rotatable bonds is 4. The highest BCUT2D eigenvalue weighted by atomic mass is 19.1. The van der Waals surface area contributed by atoms with E-state index >= 15 is 0 Å². The van der Waals surface area contributed by atoms with Crippen molar-refractivity contribution in [3.8, 4) is 11.8 Å². The van der Waals surface area contributed by atoms with Gasteiger partial charge in [-0.1, -0.05) is 44.2 Å². The van der Waals surface area contributed by atoms with Gasteiger partial charge in [0.2, 0.25) is 0 Å². The lowest BCUT2D eigenvalue weighted by Crippen LogP contribution is -2.36. The topological polar surface area (TPSA) is 53.3 Å². The van der Waals surface area contributed by atoms with Crippen molar-refractivity contribution in [3.05, 3.63) is 65.5 Å². The Hall–Kier alpha value is -2.87. The maximum absolute atomic E-state index is 14.1. The fraction of sp³-hybridized carbons (Fsp3) is 0.300. The van der Waals surface area contributed by atoms with Crippen LogP contribution in [0.2, 0.25) is 0 Å². The van der Waals surface area contributed by atoms with Gasteiger partial charge in [-0.05, 0) is 23.8 Å². The summed E-state index contributed by atoms with van der Waals surface area (Å²) in [5.74, 6) is -0.797. The Bertz CT molecular complexity index is 827. The zero-order chi connectivity index (χ0) is 18.0. The fourth-order valence-electron chi connectivity index (χ4n) is 3.09. The van der Waals surface area contributed by atoms with Gasteiger partial charge in [-0.25, -0.2) is 4.39 Å². The smallest absolute Gasteiger partial charge is 0.264 e. The molecule has 1 heterocycles. The van der Waals surface area contributed by atoms with E-state index in [0.29, 0.717) is 13.1 Å². The van der Waals surface area contributed by atoms with E-state index in [0.717, 1.165) is 11.6 Å². The normalized spacial score (nSPS) is 18.9. The van der Waals surface area contributed by atoms with Crippen LogP contribution in [0.5, 0.6) is 5.75 Å². The van der Waals surface area contributed by atoms with E-state index < -0.39 is 17.3 Å². The van der Waals surface area contributed by atoms with Crippen LogP contribution in [0.1, 0.15) is 25.0 Å². The molecule has 1 fully saturated rings. The number of carbonyl (C=O) groups excluding carboxylic acids is 1. The molecule has 0 aromatic heterocycles. The minimum absolute atomic E-state index is 0.00742. The second kappa shape index (κ2) is 6.56. The average molecular weight is 338 g/mol. The molecule has 1 aliphatic rings. The van der Waals surface area contributed by atoms with Crippen molar-refractivity contribution in [3.63, 3.8) is 0 Å². The molecule has 1 amide bonds. The third-order valence-electron chi connectivity index (χ3n) is 4.37. The summed E-state index contributed by atoms with van der Waals surface area (Å²) in [5.41, 5.74) is 0.802. The second-order valence-corrected chi connectivity index (χ2v) is 6.92. The van der Waals surface area contributed by atoms with Gasteiger partial charge < -0.3 is 9.64 Å². The minimum atomic E-state index is -0.765. The lowest BCUT2D eigenvalue weighted by Gasteiger charge is -2.24. The first-order chi connectivity index (χ1) is 11.9. The molecule has 0 bridgehead atoms. The molecule has 0 radical (unpaired) electrons. The van der Waals surface area contributed by atoms with Crippen LogP contribution in [0.15, 0.2) is 48.5 Å². The summed E-state index contributed by atoms with van der Waals surface area (Å²) in [7, 11) is 0. The summed E-state index contributed by atoms with van der Waals surface area (Å²) in [4.78, 5) is 14.5. The lowest BCUT2D eigenvalue weighted by molar-refractivity contribution is -0.135. The monoisotopic (exact) mass is 338 g/mol. The van der Waals surface area contributed by atoms with Crippen molar-refractivity contribution in [1.82, 2.24) is 4.90 Å². The molecule has 0 spiro atoms. The molecule has 25 heavy (non-hydrogen) atoms. The molecule has 4 nitrogen and oxygen atoms in total. The maximum Gasteiger partial charge on any atom is 0.264 e. The van der Waals surface area contributed by atoms with Crippen LogP contribution in [0.25, 0.3) is 0 Å². The molecule has 128 valence electrons. The standard InChI is InChI=1S/C20H19FN2O2/c1-20(2)13-23(12-14-6-4-3-5-7-14)19(24)18(20)25-17-9-8-15(11-22)10-16(17)21/h3-10,18H,12-13H2,1-2H3/t18-/m0/s1. The van der Waals surface area contributed by atoms with Gasteiger partial charge in [0.25, 0.3) is 5.91 Å². The minimum Gasteiger partial charge on any atom is -0.477 e. The Kier molecular flexibility index (Phi) is 4.45. The summed E-state index contributed by atoms with van der Waals surface area (Å²) in [6.45, 7) is 4.90. The van der Waals surface area contributed by atoms with Gasteiger partial charge in [0, 0.05) is 18.5 Å². The maximum atomic E-state index is 14.1. The molecule has 1 aliphatic heterocycles. The molecule has 2 aromatic carbocycles. The van der Waals surface area contributed by atoms with Crippen LogP contribution >= 0.6 is 0 Å². The van der Waals surface area contributed by atoms with Crippen molar-refractivity contribution in [2.75, 3.05) is 6.54 Å². The van der Waals surface area contributed by atoms with Crippen LogP contribution in [0.3, 0.4) is 0 Å². The van der Waals surface area contributed by atoms with E-state index in [1.165, 1.54) is 12.1 Å². The van der Waals surface area contributed by atoms with E-state index in [2.05, 4.69) is 0 Å². The summed E-state index contributed by atoms with van der Waals surface area (Å²) in [6.07, 6.45) is -0.765. The number of ether oxygens (including phenoxy) is 1. The Labute approximate surface area is 146 Å². The molecule has 3 rings (SSSR count). The predicted octanol–water partition coefficient (Wildman–Crippen LogP) is 3.51. The Morgan fingerprint density at radius 1 is 1.28 bits per heavy atom. The van der Waals surface area contributed by atoms with Crippen molar-refractivity contribution >= 4 is 5.91 Å². The van der Waals surface area contributed by atoms with Crippen molar-refractivity contribution in [2.24, 2.45) is 5.41 Å². The zero-order valence-electron chi connectivity index (χ0n) is 14.2. The number of hydrogen-bond donors (Lipinski definition) is 0. The van der Waals surface area contributed by atoms with Crippen molar-refractivity contribution < 1.29 is 13.9 Å². The first-order valence-corrected chi connectivity index (χ1v) is 8.10. The van der Waals surface area contributed by atoms with Crippen LogP contribution in [-0.2, 0) is 11.3 Å². The number of carbonyl (C=O) groups is 1. The molecule has 2 aromatic rings. The summed E-state index contributed by atoms with van der Waals surface area (Å²) >= 11 is 0. The zero-order valence-corrected chi connectivity index (χ0v) is 14.2. The highest BCUT2D eigenvalue weighted by Gasteiger charge is 2.48. The number of hydrogen-bond acceptors (Lipinski definition) is 3. The first-order valence-electron chi connectivity index (χ1n) is 8.10.